The van der Waals surface area contributed by atoms with E-state index in [4.69, 9.17) is 0 Å². The van der Waals surface area contributed by atoms with Gasteiger partial charge in [0.25, 0.3) is 5.56 Å². The minimum atomic E-state index is -0.186. The lowest BCUT2D eigenvalue weighted by Crippen LogP contribution is -2.25. The Morgan fingerprint density at radius 2 is 2.22 bits per heavy atom. The summed E-state index contributed by atoms with van der Waals surface area (Å²) in [6, 6.07) is 1.39. The molecular weight excluding hydrogens is 232 g/mol. The van der Waals surface area contributed by atoms with Crippen LogP contribution in [-0.2, 0) is 4.79 Å². The SMILES string of the molecule is CCNC(=O)CCNc1cc(=O)[nH]c(C(C)C)n1. The van der Waals surface area contributed by atoms with Gasteiger partial charge >= 0.3 is 0 Å². The maximum absolute atomic E-state index is 11.4. The normalized spacial score (nSPS) is 10.4. The molecule has 0 radical (unpaired) electrons. The Morgan fingerprint density at radius 1 is 1.50 bits per heavy atom. The minimum Gasteiger partial charge on any atom is -0.369 e. The van der Waals surface area contributed by atoms with Crippen molar-refractivity contribution in [3.8, 4) is 0 Å². The van der Waals surface area contributed by atoms with Crippen LogP contribution in [0.2, 0.25) is 0 Å². The van der Waals surface area contributed by atoms with Crippen molar-refractivity contribution < 1.29 is 4.79 Å². The van der Waals surface area contributed by atoms with Crippen LogP contribution >= 0.6 is 0 Å². The van der Waals surface area contributed by atoms with E-state index in [9.17, 15) is 9.59 Å². The van der Waals surface area contributed by atoms with Gasteiger partial charge in [-0.1, -0.05) is 13.8 Å². The second kappa shape index (κ2) is 6.78. The van der Waals surface area contributed by atoms with Gasteiger partial charge in [-0.2, -0.15) is 0 Å². The number of carbonyl (C=O) groups is 1. The van der Waals surface area contributed by atoms with Crippen molar-refractivity contribution in [3.05, 3.63) is 22.2 Å². The summed E-state index contributed by atoms with van der Waals surface area (Å²) in [7, 11) is 0. The number of rotatable bonds is 6. The molecule has 0 aliphatic carbocycles. The van der Waals surface area contributed by atoms with Crippen molar-refractivity contribution in [3.63, 3.8) is 0 Å². The molecule has 0 aliphatic rings. The second-order valence-corrected chi connectivity index (χ2v) is 4.30. The Morgan fingerprint density at radius 3 is 2.83 bits per heavy atom. The number of anilines is 1. The number of aromatic amines is 1. The average Bonchev–Trinajstić information content (AvgIpc) is 2.28. The highest BCUT2D eigenvalue weighted by Gasteiger charge is 2.05. The molecule has 0 unspecified atom stereocenters. The molecule has 100 valence electrons. The van der Waals surface area contributed by atoms with Crippen LogP contribution in [0.3, 0.4) is 0 Å². The summed E-state index contributed by atoms with van der Waals surface area (Å²) in [6.07, 6.45) is 0.360. The van der Waals surface area contributed by atoms with Gasteiger partial charge in [-0.25, -0.2) is 4.98 Å². The number of carbonyl (C=O) groups excluding carboxylic acids is 1. The lowest BCUT2D eigenvalue weighted by molar-refractivity contribution is -0.120. The van der Waals surface area contributed by atoms with E-state index in [0.29, 0.717) is 31.2 Å². The third kappa shape index (κ3) is 4.57. The standard InChI is InChI=1S/C12H20N4O2/c1-4-13-10(17)5-6-14-9-7-11(18)16-12(15-9)8(2)3/h7-8H,4-6H2,1-3H3,(H,13,17)(H2,14,15,16,18). The minimum absolute atomic E-state index is 0.0149. The molecule has 1 aromatic rings. The van der Waals surface area contributed by atoms with E-state index in [1.54, 1.807) is 0 Å². The monoisotopic (exact) mass is 252 g/mol. The lowest BCUT2D eigenvalue weighted by atomic mass is 10.2. The van der Waals surface area contributed by atoms with Gasteiger partial charge in [-0.05, 0) is 6.92 Å². The summed E-state index contributed by atoms with van der Waals surface area (Å²) in [5.41, 5.74) is -0.186. The van der Waals surface area contributed by atoms with Gasteiger partial charge in [0.15, 0.2) is 0 Å². The predicted octanol–water partition coefficient (Wildman–Crippen LogP) is 0.831. The van der Waals surface area contributed by atoms with Crippen LogP contribution in [0.4, 0.5) is 5.82 Å². The molecule has 3 N–H and O–H groups in total. The van der Waals surface area contributed by atoms with Crippen LogP contribution in [0.1, 0.15) is 38.9 Å². The number of nitrogens with zero attached hydrogens (tertiary/aromatic N) is 1. The smallest absolute Gasteiger partial charge is 0.252 e. The van der Waals surface area contributed by atoms with E-state index in [2.05, 4.69) is 20.6 Å². The highest BCUT2D eigenvalue weighted by molar-refractivity contribution is 5.76. The largest absolute Gasteiger partial charge is 0.369 e. The highest BCUT2D eigenvalue weighted by atomic mass is 16.1. The van der Waals surface area contributed by atoms with E-state index >= 15 is 0 Å². The fourth-order valence-electron chi connectivity index (χ4n) is 1.43. The van der Waals surface area contributed by atoms with Crippen LogP contribution in [0.25, 0.3) is 0 Å². The predicted molar refractivity (Wildman–Crippen MR) is 70.7 cm³/mol. The first-order chi connectivity index (χ1) is 8.52. The van der Waals surface area contributed by atoms with Gasteiger partial charge in [0, 0.05) is 31.5 Å². The molecule has 0 saturated carbocycles. The Labute approximate surface area is 106 Å². The third-order valence-corrected chi connectivity index (χ3v) is 2.34. The van der Waals surface area contributed by atoms with E-state index in [0.717, 1.165) is 0 Å². The molecule has 0 spiro atoms. The van der Waals surface area contributed by atoms with Gasteiger partial charge < -0.3 is 15.6 Å². The van der Waals surface area contributed by atoms with Crippen LogP contribution < -0.4 is 16.2 Å². The lowest BCUT2D eigenvalue weighted by Gasteiger charge is -2.08. The molecule has 18 heavy (non-hydrogen) atoms. The maximum atomic E-state index is 11.4. The Bertz CT molecular complexity index is 454. The third-order valence-electron chi connectivity index (χ3n) is 2.34. The molecule has 1 heterocycles. The average molecular weight is 252 g/mol. The number of nitrogens with one attached hydrogen (secondary N) is 3. The summed E-state index contributed by atoms with van der Waals surface area (Å²) in [5, 5.41) is 5.68. The number of H-pyrrole nitrogens is 1. The van der Waals surface area contributed by atoms with Crippen molar-refractivity contribution in [1.82, 2.24) is 15.3 Å². The van der Waals surface area contributed by atoms with Crippen molar-refractivity contribution in [2.24, 2.45) is 0 Å². The fourth-order valence-corrected chi connectivity index (χ4v) is 1.43. The van der Waals surface area contributed by atoms with Crippen molar-refractivity contribution in [2.45, 2.75) is 33.1 Å². The first-order valence-corrected chi connectivity index (χ1v) is 6.14. The van der Waals surface area contributed by atoms with Gasteiger partial charge in [0.2, 0.25) is 5.91 Å². The van der Waals surface area contributed by atoms with Crippen LogP contribution in [0.15, 0.2) is 10.9 Å². The zero-order valence-electron chi connectivity index (χ0n) is 11.0. The molecular formula is C12H20N4O2. The van der Waals surface area contributed by atoms with E-state index in [1.165, 1.54) is 6.07 Å². The molecule has 0 aliphatic heterocycles. The van der Waals surface area contributed by atoms with E-state index in [1.807, 2.05) is 20.8 Å². The molecule has 0 fully saturated rings. The van der Waals surface area contributed by atoms with Crippen molar-refractivity contribution in [1.29, 1.82) is 0 Å². The van der Waals surface area contributed by atoms with Gasteiger partial charge in [0.05, 0.1) is 0 Å². The number of hydrogen-bond donors (Lipinski definition) is 3. The van der Waals surface area contributed by atoms with E-state index in [-0.39, 0.29) is 17.4 Å². The molecule has 0 atom stereocenters. The summed E-state index contributed by atoms with van der Waals surface area (Å²) >= 11 is 0. The highest BCUT2D eigenvalue weighted by Crippen LogP contribution is 2.08. The molecule has 1 aromatic heterocycles. The van der Waals surface area contributed by atoms with Crippen LogP contribution in [0, 0.1) is 0 Å². The summed E-state index contributed by atoms with van der Waals surface area (Å²) < 4.78 is 0. The summed E-state index contributed by atoms with van der Waals surface area (Å²) in [4.78, 5) is 29.6. The summed E-state index contributed by atoms with van der Waals surface area (Å²) in [5.74, 6) is 1.29. The zero-order chi connectivity index (χ0) is 13.5. The quantitative estimate of drug-likeness (QED) is 0.700. The summed E-state index contributed by atoms with van der Waals surface area (Å²) in [6.45, 7) is 6.87. The van der Waals surface area contributed by atoms with Gasteiger partial charge in [-0.15, -0.1) is 0 Å². The molecule has 6 heteroatoms. The van der Waals surface area contributed by atoms with Gasteiger partial charge in [-0.3, -0.25) is 9.59 Å². The van der Waals surface area contributed by atoms with Gasteiger partial charge in [0.1, 0.15) is 11.6 Å². The Kier molecular flexibility index (Phi) is 5.35. The van der Waals surface area contributed by atoms with Crippen molar-refractivity contribution in [2.75, 3.05) is 18.4 Å². The number of amides is 1. The molecule has 6 nitrogen and oxygen atoms in total. The number of hydrogen-bond acceptors (Lipinski definition) is 4. The Balaban J connectivity index is 2.57. The molecule has 1 amide bonds. The second-order valence-electron chi connectivity index (χ2n) is 4.30. The topological polar surface area (TPSA) is 86.9 Å². The molecule has 0 saturated heterocycles. The van der Waals surface area contributed by atoms with E-state index < -0.39 is 0 Å². The Hall–Kier alpha value is -1.85. The molecule has 1 rings (SSSR count). The maximum Gasteiger partial charge on any atom is 0.252 e. The zero-order valence-corrected chi connectivity index (χ0v) is 11.0. The molecule has 0 aromatic carbocycles. The van der Waals surface area contributed by atoms with Crippen molar-refractivity contribution >= 4 is 11.7 Å². The fraction of sp³-hybridized carbons (Fsp3) is 0.583. The van der Waals surface area contributed by atoms with Crippen LogP contribution in [-0.4, -0.2) is 29.0 Å². The van der Waals surface area contributed by atoms with Crippen LogP contribution in [0.5, 0.6) is 0 Å². The number of aromatic nitrogens is 2. The first-order valence-electron chi connectivity index (χ1n) is 6.14. The molecule has 0 bridgehead atoms. The first kappa shape index (κ1) is 14.2.